The summed E-state index contributed by atoms with van der Waals surface area (Å²) >= 11 is 0. The third-order valence-corrected chi connectivity index (χ3v) is 9.22. The minimum atomic E-state index is -0.505. The Kier molecular flexibility index (Phi) is 7.42. The van der Waals surface area contributed by atoms with Gasteiger partial charge in [-0.25, -0.2) is 20.0 Å². The maximum absolute atomic E-state index is 8.18. The van der Waals surface area contributed by atoms with E-state index in [2.05, 4.69) is 142 Å². The highest BCUT2D eigenvalue weighted by molar-refractivity contribution is 6.42. The zero-order valence-corrected chi connectivity index (χ0v) is 26.6. The molecule has 6 aromatic rings. The molecule has 2 aliphatic carbocycles. The second-order valence-electron chi connectivity index (χ2n) is 11.9. The molecule has 3 N–H and O–H groups in total. The van der Waals surface area contributed by atoms with Crippen molar-refractivity contribution in [2.45, 2.75) is 12.0 Å². The average Bonchev–Trinajstić information content (AvgIpc) is 3.62. The summed E-state index contributed by atoms with van der Waals surface area (Å²) in [4.78, 5) is 22.0. The predicted molar refractivity (Wildman–Crippen MR) is 198 cm³/mol. The maximum atomic E-state index is 8.18. The van der Waals surface area contributed by atoms with Crippen molar-refractivity contribution in [2.75, 3.05) is 0 Å². The Morgan fingerprint density at radius 3 is 2.00 bits per heavy atom. The highest BCUT2D eigenvalue weighted by Crippen LogP contribution is 2.63. The summed E-state index contributed by atoms with van der Waals surface area (Å²) in [5.41, 5.74) is 19.0. The van der Waals surface area contributed by atoms with Crippen LogP contribution >= 0.6 is 0 Å². The number of aromatic nitrogens is 2. The van der Waals surface area contributed by atoms with Gasteiger partial charge in [-0.05, 0) is 73.3 Å². The summed E-state index contributed by atoms with van der Waals surface area (Å²) in [6.45, 7) is 3.90. The van der Waals surface area contributed by atoms with Crippen LogP contribution in [0.5, 0.6) is 0 Å². The van der Waals surface area contributed by atoms with Gasteiger partial charge in [-0.15, -0.1) is 0 Å². The molecule has 8 rings (SSSR count). The number of allylic oxidation sites excluding steroid dienone is 1. The largest absolute Gasteiger partial charge is 0.381 e. The summed E-state index contributed by atoms with van der Waals surface area (Å²) in [7, 11) is 0. The van der Waals surface area contributed by atoms with E-state index < -0.39 is 5.41 Å². The third kappa shape index (κ3) is 4.91. The summed E-state index contributed by atoms with van der Waals surface area (Å²) < 4.78 is 0. The molecule has 5 aromatic carbocycles. The molecule has 1 atom stereocenters. The SMILES string of the molecule is C=CC=NC(=N)C(N)=NC(=NCc1ccc2c(c1)C1(c3ccccc3-2)c2ccccc2-c2ccc(-c3ccccc3)cc21)c1ncccn1. The van der Waals surface area contributed by atoms with E-state index in [4.69, 9.17) is 16.1 Å². The Labute approximate surface area is 284 Å². The van der Waals surface area contributed by atoms with Gasteiger partial charge in [-0.3, -0.25) is 10.4 Å². The lowest BCUT2D eigenvalue weighted by Crippen LogP contribution is -2.26. The lowest BCUT2D eigenvalue weighted by atomic mass is 9.70. The van der Waals surface area contributed by atoms with E-state index in [1.54, 1.807) is 18.5 Å². The van der Waals surface area contributed by atoms with Crippen molar-refractivity contribution in [3.05, 3.63) is 180 Å². The van der Waals surface area contributed by atoms with Crippen molar-refractivity contribution in [2.24, 2.45) is 20.7 Å². The number of hydrogen-bond acceptors (Lipinski definition) is 4. The Morgan fingerprint density at radius 2 is 1.31 bits per heavy atom. The molecule has 7 nitrogen and oxygen atoms in total. The number of hydrogen-bond donors (Lipinski definition) is 2. The van der Waals surface area contributed by atoms with Crippen molar-refractivity contribution in [1.29, 1.82) is 5.41 Å². The van der Waals surface area contributed by atoms with Crippen LogP contribution in [0.25, 0.3) is 33.4 Å². The summed E-state index contributed by atoms with van der Waals surface area (Å²) in [6.07, 6.45) is 6.11. The second kappa shape index (κ2) is 12.2. The highest BCUT2D eigenvalue weighted by Gasteiger charge is 2.51. The number of nitrogens with zero attached hydrogens (tertiary/aromatic N) is 5. The minimum absolute atomic E-state index is 0.0963. The molecule has 0 aliphatic heterocycles. The van der Waals surface area contributed by atoms with Gasteiger partial charge in [-0.2, -0.15) is 0 Å². The van der Waals surface area contributed by atoms with Gasteiger partial charge in [-0.1, -0.05) is 122 Å². The van der Waals surface area contributed by atoms with Crippen LogP contribution in [0.2, 0.25) is 0 Å². The Bertz CT molecular complexity index is 2340. The minimum Gasteiger partial charge on any atom is -0.381 e. The predicted octanol–water partition coefficient (Wildman–Crippen LogP) is 8.03. The zero-order valence-electron chi connectivity index (χ0n) is 26.6. The molecule has 0 saturated heterocycles. The lowest BCUT2D eigenvalue weighted by Gasteiger charge is -2.31. The summed E-state index contributed by atoms with van der Waals surface area (Å²) in [5.74, 6) is 0.234. The van der Waals surface area contributed by atoms with Crippen molar-refractivity contribution >= 4 is 23.7 Å². The molecule has 2 aliphatic rings. The van der Waals surface area contributed by atoms with Gasteiger partial charge in [0.25, 0.3) is 0 Å². The topological polar surface area (TPSA) is 113 Å². The van der Waals surface area contributed by atoms with E-state index in [9.17, 15) is 0 Å². The van der Waals surface area contributed by atoms with E-state index >= 15 is 0 Å². The van der Waals surface area contributed by atoms with Crippen LogP contribution in [0, 0.1) is 5.41 Å². The average molecular weight is 634 g/mol. The Balaban J connectivity index is 1.30. The third-order valence-electron chi connectivity index (χ3n) is 9.22. The van der Waals surface area contributed by atoms with Gasteiger partial charge in [0.2, 0.25) is 0 Å². The first-order valence-corrected chi connectivity index (χ1v) is 16.0. The van der Waals surface area contributed by atoms with Crippen LogP contribution in [-0.2, 0) is 12.0 Å². The van der Waals surface area contributed by atoms with E-state index in [0.717, 1.165) is 5.56 Å². The molecule has 1 unspecified atom stereocenters. The molecule has 1 spiro atoms. The van der Waals surface area contributed by atoms with Crippen molar-refractivity contribution in [3.63, 3.8) is 0 Å². The van der Waals surface area contributed by atoms with Gasteiger partial charge < -0.3 is 5.73 Å². The Hall–Kier alpha value is -6.60. The molecule has 49 heavy (non-hydrogen) atoms. The number of benzene rings is 5. The molecular weight excluding hydrogens is 603 g/mol. The maximum Gasteiger partial charge on any atom is 0.197 e. The van der Waals surface area contributed by atoms with Gasteiger partial charge in [0.05, 0.1) is 12.0 Å². The van der Waals surface area contributed by atoms with E-state index in [0.29, 0.717) is 12.4 Å². The molecule has 0 saturated carbocycles. The van der Waals surface area contributed by atoms with Crippen LogP contribution in [0.15, 0.2) is 161 Å². The van der Waals surface area contributed by atoms with Crippen molar-refractivity contribution in [1.82, 2.24) is 9.97 Å². The summed E-state index contributed by atoms with van der Waals surface area (Å²) in [5, 5.41) is 8.18. The highest BCUT2D eigenvalue weighted by atomic mass is 15.1. The molecule has 234 valence electrons. The summed E-state index contributed by atoms with van der Waals surface area (Å²) in [6, 6.07) is 43.4. The molecule has 1 aromatic heterocycles. The first-order chi connectivity index (χ1) is 24.1. The quantitative estimate of drug-likeness (QED) is 0.148. The monoisotopic (exact) mass is 633 g/mol. The number of amidine groups is 3. The smallest absolute Gasteiger partial charge is 0.197 e. The number of rotatable bonds is 5. The van der Waals surface area contributed by atoms with Crippen molar-refractivity contribution in [3.8, 4) is 33.4 Å². The fourth-order valence-electron chi connectivity index (χ4n) is 7.19. The van der Waals surface area contributed by atoms with Gasteiger partial charge in [0.1, 0.15) is 0 Å². The van der Waals surface area contributed by atoms with Crippen LogP contribution in [0.4, 0.5) is 0 Å². The van der Waals surface area contributed by atoms with Gasteiger partial charge >= 0.3 is 0 Å². The molecule has 1 heterocycles. The van der Waals surface area contributed by atoms with Crippen LogP contribution < -0.4 is 5.73 Å². The number of nitrogens with one attached hydrogen (secondary N) is 1. The van der Waals surface area contributed by atoms with Crippen LogP contribution in [0.1, 0.15) is 33.6 Å². The molecule has 0 radical (unpaired) electrons. The lowest BCUT2D eigenvalue weighted by molar-refractivity contribution is 0.791. The molecular formula is C42H31N7. The molecule has 0 amide bonds. The molecule has 0 fully saturated rings. The number of fused-ring (bicyclic) bond motifs is 10. The van der Waals surface area contributed by atoms with E-state index in [1.807, 2.05) is 0 Å². The molecule has 7 heteroatoms. The van der Waals surface area contributed by atoms with E-state index in [-0.39, 0.29) is 17.5 Å². The fourth-order valence-corrected chi connectivity index (χ4v) is 7.19. The van der Waals surface area contributed by atoms with Crippen molar-refractivity contribution < 1.29 is 0 Å². The second-order valence-corrected chi connectivity index (χ2v) is 11.9. The van der Waals surface area contributed by atoms with Crippen LogP contribution in [-0.4, -0.2) is 33.7 Å². The van der Waals surface area contributed by atoms with E-state index in [1.165, 1.54) is 67.9 Å². The normalized spacial score (nSPS) is 15.9. The number of nitrogens with two attached hydrogens (primary N) is 1. The van der Waals surface area contributed by atoms with Gasteiger partial charge in [0.15, 0.2) is 23.3 Å². The van der Waals surface area contributed by atoms with Gasteiger partial charge in [0, 0.05) is 18.6 Å². The first-order valence-electron chi connectivity index (χ1n) is 16.0. The standard InChI is InChI=1S/C42H31N7/c1-2-21-45-38(43)39(44)49-41(40-46-22-10-23-47-40)48-26-27-17-19-32-30-13-6-8-15-34(30)42(36(32)24-27)35-16-9-7-14-31(35)33-20-18-29(25-37(33)42)28-11-4-3-5-12-28/h2-25,43H,1,26H2,(H2,44,48,49). The first kappa shape index (κ1) is 29.8. The zero-order chi connectivity index (χ0) is 33.4. The number of aliphatic imine (C=N–C) groups is 3. The molecule has 0 bridgehead atoms. The fraction of sp³-hybridized carbons (Fsp3) is 0.0476. The Morgan fingerprint density at radius 1 is 0.694 bits per heavy atom. The van der Waals surface area contributed by atoms with Crippen LogP contribution in [0.3, 0.4) is 0 Å².